The van der Waals surface area contributed by atoms with Gasteiger partial charge in [0.2, 0.25) is 0 Å². The Morgan fingerprint density at radius 1 is 1.41 bits per heavy atom. The summed E-state index contributed by atoms with van der Waals surface area (Å²) < 4.78 is 70.6. The van der Waals surface area contributed by atoms with Gasteiger partial charge in [-0.2, -0.15) is 27.2 Å². The van der Waals surface area contributed by atoms with Crippen molar-refractivity contribution < 1.29 is 36.2 Å². The summed E-state index contributed by atoms with van der Waals surface area (Å²) in [6, 6.07) is 2.72. The van der Waals surface area contributed by atoms with E-state index in [1.807, 2.05) is 0 Å². The number of benzene rings is 1. The van der Waals surface area contributed by atoms with Crippen LogP contribution in [-0.4, -0.2) is 24.7 Å². The van der Waals surface area contributed by atoms with Crippen molar-refractivity contribution in [3.63, 3.8) is 0 Å². The fourth-order valence-electron chi connectivity index (χ4n) is 1.42. The first-order valence-electron chi connectivity index (χ1n) is 5.63. The van der Waals surface area contributed by atoms with Crippen LogP contribution in [0.2, 0.25) is 0 Å². The first-order chi connectivity index (χ1) is 10.2. The predicted octanol–water partition coefficient (Wildman–Crippen LogP) is 3.95. The van der Waals surface area contributed by atoms with Gasteiger partial charge in [-0.05, 0) is 24.8 Å². The first kappa shape index (κ1) is 18.0. The maximum Gasteiger partial charge on any atom is 0.446 e. The summed E-state index contributed by atoms with van der Waals surface area (Å²) >= 11 is -0.644. The topological polar surface area (TPSA) is 59.3 Å². The molecule has 10 heteroatoms. The summed E-state index contributed by atoms with van der Waals surface area (Å²) in [4.78, 5) is 11.0. The third-order valence-electron chi connectivity index (χ3n) is 2.14. The van der Waals surface area contributed by atoms with Crippen LogP contribution in [0.25, 0.3) is 0 Å². The third-order valence-corrected chi connectivity index (χ3v) is 2.93. The van der Waals surface area contributed by atoms with Crippen molar-refractivity contribution in [1.29, 1.82) is 5.26 Å². The molecule has 0 bridgehead atoms. The summed E-state index contributed by atoms with van der Waals surface area (Å²) in [5, 5.41) is 8.82. The Labute approximate surface area is 125 Å². The molecule has 1 aromatic carbocycles. The van der Waals surface area contributed by atoms with Crippen molar-refractivity contribution in [2.45, 2.75) is 23.9 Å². The number of hydrogen-bond donors (Lipinski definition) is 0. The Kier molecular flexibility index (Phi) is 5.99. The van der Waals surface area contributed by atoms with Crippen molar-refractivity contribution in [2.24, 2.45) is 0 Å². The number of alkyl halides is 5. The number of ether oxygens (including phenoxy) is 2. The molecule has 0 aromatic heterocycles. The summed E-state index contributed by atoms with van der Waals surface area (Å²) in [7, 11) is 0. The standard InChI is InChI=1S/C12H8F5NO3S/c1-2-20-10(19)7-4-9(22-12(15,16)17)6(5-18)3-8(7)21-11(13)14/h3-4,11H,2H2,1H3. The van der Waals surface area contributed by atoms with Crippen molar-refractivity contribution in [1.82, 2.24) is 0 Å². The SMILES string of the molecule is CCOC(=O)c1cc(SC(F)(F)F)c(C#N)cc1OC(F)F. The quantitative estimate of drug-likeness (QED) is 0.461. The van der Waals surface area contributed by atoms with Crippen molar-refractivity contribution in [2.75, 3.05) is 6.61 Å². The zero-order valence-corrected chi connectivity index (χ0v) is 11.7. The van der Waals surface area contributed by atoms with Gasteiger partial charge < -0.3 is 9.47 Å². The van der Waals surface area contributed by atoms with Gasteiger partial charge in [0, 0.05) is 11.0 Å². The van der Waals surface area contributed by atoms with Gasteiger partial charge in [0.1, 0.15) is 17.4 Å². The van der Waals surface area contributed by atoms with Crippen molar-refractivity contribution in [3.05, 3.63) is 23.3 Å². The van der Waals surface area contributed by atoms with E-state index in [9.17, 15) is 26.7 Å². The summed E-state index contributed by atoms with van der Waals surface area (Å²) in [6.07, 6.45) is 0. The van der Waals surface area contributed by atoms with Crippen LogP contribution in [0.4, 0.5) is 22.0 Å². The zero-order chi connectivity index (χ0) is 16.9. The van der Waals surface area contributed by atoms with E-state index in [1.54, 1.807) is 0 Å². The fraction of sp³-hybridized carbons (Fsp3) is 0.333. The molecule has 22 heavy (non-hydrogen) atoms. The minimum Gasteiger partial charge on any atom is -0.462 e. The molecule has 0 fully saturated rings. The van der Waals surface area contributed by atoms with Crippen LogP contribution in [0.3, 0.4) is 0 Å². The molecule has 0 heterocycles. The molecule has 0 aliphatic rings. The van der Waals surface area contributed by atoms with E-state index < -0.39 is 51.6 Å². The van der Waals surface area contributed by atoms with Crippen LogP contribution in [0, 0.1) is 11.3 Å². The second-order valence-electron chi connectivity index (χ2n) is 3.60. The van der Waals surface area contributed by atoms with Crippen LogP contribution in [0.15, 0.2) is 17.0 Å². The van der Waals surface area contributed by atoms with E-state index in [0.717, 1.165) is 0 Å². The number of halogens is 5. The van der Waals surface area contributed by atoms with Crippen molar-refractivity contribution in [3.8, 4) is 11.8 Å². The molecule has 0 amide bonds. The number of hydrogen-bond acceptors (Lipinski definition) is 5. The smallest absolute Gasteiger partial charge is 0.446 e. The van der Waals surface area contributed by atoms with Gasteiger partial charge in [0.05, 0.1) is 12.2 Å². The second-order valence-corrected chi connectivity index (χ2v) is 4.71. The zero-order valence-electron chi connectivity index (χ0n) is 10.9. The van der Waals surface area contributed by atoms with Crippen LogP contribution in [0.5, 0.6) is 5.75 Å². The number of rotatable bonds is 5. The molecule has 0 radical (unpaired) electrons. The Morgan fingerprint density at radius 3 is 2.50 bits per heavy atom. The summed E-state index contributed by atoms with van der Waals surface area (Å²) in [6.45, 7) is -2.00. The van der Waals surface area contributed by atoms with Gasteiger partial charge in [-0.1, -0.05) is 0 Å². The van der Waals surface area contributed by atoms with E-state index in [4.69, 9.17) is 5.26 Å². The highest BCUT2D eigenvalue weighted by Crippen LogP contribution is 2.40. The van der Waals surface area contributed by atoms with Crippen molar-refractivity contribution >= 4 is 17.7 Å². The van der Waals surface area contributed by atoms with E-state index in [-0.39, 0.29) is 6.61 Å². The predicted molar refractivity (Wildman–Crippen MR) is 65.7 cm³/mol. The van der Waals surface area contributed by atoms with E-state index in [1.165, 1.54) is 13.0 Å². The van der Waals surface area contributed by atoms with Gasteiger partial charge in [-0.25, -0.2) is 4.79 Å². The Bertz CT molecular complexity index is 598. The average Bonchev–Trinajstić information content (AvgIpc) is 2.37. The van der Waals surface area contributed by atoms with Gasteiger partial charge >= 0.3 is 18.1 Å². The molecule has 120 valence electrons. The third kappa shape index (κ3) is 5.07. The van der Waals surface area contributed by atoms with Crippen LogP contribution in [-0.2, 0) is 4.74 Å². The molecule has 4 nitrogen and oxygen atoms in total. The molecule has 1 aromatic rings. The number of esters is 1. The lowest BCUT2D eigenvalue weighted by Gasteiger charge is -2.14. The molecule has 0 unspecified atom stereocenters. The molecular formula is C12H8F5NO3S. The van der Waals surface area contributed by atoms with Gasteiger partial charge in [-0.15, -0.1) is 0 Å². The molecule has 0 spiro atoms. The molecule has 0 atom stereocenters. The molecule has 0 saturated carbocycles. The minimum atomic E-state index is -4.72. The number of thioether (sulfide) groups is 1. The highest BCUT2D eigenvalue weighted by molar-refractivity contribution is 8.00. The molecule has 0 saturated heterocycles. The number of nitriles is 1. The molecule has 1 rings (SSSR count). The average molecular weight is 341 g/mol. The fourth-order valence-corrected chi connectivity index (χ4v) is 2.06. The van der Waals surface area contributed by atoms with E-state index in [2.05, 4.69) is 9.47 Å². The molecule has 0 aliphatic carbocycles. The lowest BCUT2D eigenvalue weighted by atomic mass is 10.1. The molecule has 0 aliphatic heterocycles. The van der Waals surface area contributed by atoms with Gasteiger partial charge in [-0.3, -0.25) is 0 Å². The van der Waals surface area contributed by atoms with E-state index >= 15 is 0 Å². The summed E-state index contributed by atoms with van der Waals surface area (Å²) in [5.74, 6) is -1.86. The lowest BCUT2D eigenvalue weighted by molar-refractivity contribution is -0.0506. The highest BCUT2D eigenvalue weighted by atomic mass is 32.2. The Morgan fingerprint density at radius 2 is 2.05 bits per heavy atom. The lowest BCUT2D eigenvalue weighted by Crippen LogP contribution is -2.12. The van der Waals surface area contributed by atoms with Crippen LogP contribution >= 0.6 is 11.8 Å². The first-order valence-corrected chi connectivity index (χ1v) is 6.45. The maximum absolute atomic E-state index is 12.4. The second kappa shape index (κ2) is 7.31. The van der Waals surface area contributed by atoms with Crippen LogP contribution < -0.4 is 4.74 Å². The van der Waals surface area contributed by atoms with E-state index in [0.29, 0.717) is 12.1 Å². The summed E-state index contributed by atoms with van der Waals surface area (Å²) in [5.41, 5.74) is -5.89. The molecule has 0 N–H and O–H groups in total. The highest BCUT2D eigenvalue weighted by Gasteiger charge is 2.32. The number of carbonyl (C=O) groups excluding carboxylic acids is 1. The monoisotopic (exact) mass is 341 g/mol. The number of nitrogens with zero attached hydrogens (tertiary/aromatic N) is 1. The Balaban J connectivity index is 3.39. The normalized spacial score (nSPS) is 11.2. The Hall–Kier alpha value is -2.02. The number of carbonyl (C=O) groups is 1. The minimum absolute atomic E-state index is 0.116. The van der Waals surface area contributed by atoms with Crippen LogP contribution in [0.1, 0.15) is 22.8 Å². The molecular weight excluding hydrogens is 333 g/mol. The van der Waals surface area contributed by atoms with Gasteiger partial charge in [0.15, 0.2) is 0 Å². The van der Waals surface area contributed by atoms with Gasteiger partial charge in [0.25, 0.3) is 0 Å². The largest absolute Gasteiger partial charge is 0.462 e. The maximum atomic E-state index is 12.4.